The average molecular weight is 281 g/mol. The zero-order valence-electron chi connectivity index (χ0n) is 9.69. The Hall–Kier alpha value is -2.27. The number of hydrogen-bond donors (Lipinski definition) is 2. The molecule has 0 aliphatic carbocycles. The molecule has 0 atom stereocenters. The van der Waals surface area contributed by atoms with Crippen molar-refractivity contribution in [3.63, 3.8) is 0 Å². The number of anilines is 1. The molecular weight excluding hydrogens is 271 g/mol. The number of rotatable bonds is 3. The van der Waals surface area contributed by atoms with Crippen LogP contribution in [-0.4, -0.2) is 5.91 Å². The molecule has 0 saturated heterocycles. The van der Waals surface area contributed by atoms with Crippen molar-refractivity contribution < 1.29 is 13.9 Å². The third kappa shape index (κ3) is 2.95. The normalized spacial score (nSPS) is 10.2. The van der Waals surface area contributed by atoms with Crippen LogP contribution in [0, 0.1) is 5.82 Å². The molecule has 0 heterocycles. The third-order valence-electron chi connectivity index (χ3n) is 2.42. The zero-order chi connectivity index (χ0) is 14.0. The standard InChI is InChI=1S/C13H10ClFN2O2/c14-9-5-12(11(16)6-10(9)15)19-8-3-1-7(2-4-8)13(17)18/h1-6H,16H2,(H2,17,18). The summed E-state index contributed by atoms with van der Waals surface area (Å²) in [7, 11) is 0. The van der Waals surface area contributed by atoms with Gasteiger partial charge in [-0.3, -0.25) is 4.79 Å². The number of hydrogen-bond acceptors (Lipinski definition) is 3. The van der Waals surface area contributed by atoms with Gasteiger partial charge in [0.2, 0.25) is 5.91 Å². The molecule has 0 aliphatic rings. The molecule has 6 heteroatoms. The van der Waals surface area contributed by atoms with E-state index < -0.39 is 11.7 Å². The van der Waals surface area contributed by atoms with Crippen LogP contribution in [0.25, 0.3) is 0 Å². The smallest absolute Gasteiger partial charge is 0.248 e. The van der Waals surface area contributed by atoms with Gasteiger partial charge in [0, 0.05) is 17.7 Å². The highest BCUT2D eigenvalue weighted by molar-refractivity contribution is 6.31. The van der Waals surface area contributed by atoms with E-state index in [0.717, 1.165) is 6.07 Å². The summed E-state index contributed by atoms with van der Waals surface area (Å²) in [6.07, 6.45) is 0. The molecule has 98 valence electrons. The molecule has 0 aliphatic heterocycles. The maximum atomic E-state index is 13.1. The van der Waals surface area contributed by atoms with Crippen molar-refractivity contribution in [2.75, 3.05) is 5.73 Å². The Bertz CT molecular complexity index is 629. The molecule has 2 aromatic rings. The fraction of sp³-hybridized carbons (Fsp3) is 0. The van der Waals surface area contributed by atoms with Crippen molar-refractivity contribution in [3.05, 3.63) is 52.8 Å². The summed E-state index contributed by atoms with van der Waals surface area (Å²) in [6, 6.07) is 8.50. The summed E-state index contributed by atoms with van der Waals surface area (Å²) in [5.41, 5.74) is 11.2. The molecule has 0 radical (unpaired) electrons. The number of primary amides is 1. The van der Waals surface area contributed by atoms with Gasteiger partial charge < -0.3 is 16.2 Å². The van der Waals surface area contributed by atoms with Crippen molar-refractivity contribution in [2.24, 2.45) is 5.73 Å². The highest BCUT2D eigenvalue weighted by atomic mass is 35.5. The summed E-state index contributed by atoms with van der Waals surface area (Å²) in [6.45, 7) is 0. The van der Waals surface area contributed by atoms with Crippen LogP contribution in [0.5, 0.6) is 11.5 Å². The maximum Gasteiger partial charge on any atom is 0.248 e. The number of nitrogen functional groups attached to an aromatic ring is 1. The van der Waals surface area contributed by atoms with Crippen molar-refractivity contribution in [2.45, 2.75) is 0 Å². The number of benzene rings is 2. The highest BCUT2D eigenvalue weighted by Crippen LogP contribution is 2.32. The van der Waals surface area contributed by atoms with Gasteiger partial charge >= 0.3 is 0 Å². The Kier molecular flexibility index (Phi) is 3.57. The molecule has 0 fully saturated rings. The van der Waals surface area contributed by atoms with E-state index in [9.17, 15) is 9.18 Å². The predicted octanol–water partition coefficient (Wildman–Crippen LogP) is 2.95. The molecule has 0 saturated carbocycles. The Balaban J connectivity index is 2.26. The number of nitrogens with two attached hydrogens (primary N) is 2. The van der Waals surface area contributed by atoms with E-state index in [4.69, 9.17) is 27.8 Å². The first-order valence-electron chi connectivity index (χ1n) is 5.29. The van der Waals surface area contributed by atoms with E-state index in [-0.39, 0.29) is 16.5 Å². The lowest BCUT2D eigenvalue weighted by Crippen LogP contribution is -2.10. The van der Waals surface area contributed by atoms with Crippen molar-refractivity contribution in [1.29, 1.82) is 0 Å². The van der Waals surface area contributed by atoms with Crippen LogP contribution < -0.4 is 16.2 Å². The lowest BCUT2D eigenvalue weighted by Gasteiger charge is -2.09. The van der Waals surface area contributed by atoms with Gasteiger partial charge in [-0.25, -0.2) is 4.39 Å². The lowest BCUT2D eigenvalue weighted by molar-refractivity contribution is 0.100. The van der Waals surface area contributed by atoms with Crippen LogP contribution in [0.15, 0.2) is 36.4 Å². The van der Waals surface area contributed by atoms with Gasteiger partial charge in [-0.2, -0.15) is 0 Å². The first kappa shape index (κ1) is 13.2. The molecule has 2 aromatic carbocycles. The molecule has 2 rings (SSSR count). The van der Waals surface area contributed by atoms with Crippen LogP contribution in [0.4, 0.5) is 10.1 Å². The molecule has 0 bridgehead atoms. The van der Waals surface area contributed by atoms with Gasteiger partial charge in [0.25, 0.3) is 0 Å². The first-order chi connectivity index (χ1) is 8.97. The van der Waals surface area contributed by atoms with Gasteiger partial charge in [0.15, 0.2) is 5.75 Å². The predicted molar refractivity (Wildman–Crippen MR) is 70.9 cm³/mol. The summed E-state index contributed by atoms with van der Waals surface area (Å²) in [5, 5.41) is -0.0852. The quantitative estimate of drug-likeness (QED) is 0.849. The Morgan fingerprint density at radius 3 is 2.42 bits per heavy atom. The van der Waals surface area contributed by atoms with Gasteiger partial charge in [0.05, 0.1) is 10.7 Å². The summed E-state index contributed by atoms with van der Waals surface area (Å²) >= 11 is 5.65. The summed E-state index contributed by atoms with van der Waals surface area (Å²) in [5.74, 6) is -0.482. The molecule has 4 N–H and O–H groups in total. The second kappa shape index (κ2) is 5.16. The highest BCUT2D eigenvalue weighted by Gasteiger charge is 2.09. The van der Waals surface area contributed by atoms with Crippen molar-refractivity contribution in [3.8, 4) is 11.5 Å². The SMILES string of the molecule is NC(=O)c1ccc(Oc2cc(Cl)c(F)cc2N)cc1. The first-order valence-corrected chi connectivity index (χ1v) is 5.67. The Morgan fingerprint density at radius 2 is 1.84 bits per heavy atom. The van der Waals surface area contributed by atoms with Crippen LogP contribution in [-0.2, 0) is 0 Å². The molecular formula is C13H10ClFN2O2. The summed E-state index contributed by atoms with van der Waals surface area (Å²) in [4.78, 5) is 10.9. The van der Waals surface area contributed by atoms with Crippen LogP contribution >= 0.6 is 11.6 Å². The molecule has 1 amide bonds. The van der Waals surface area contributed by atoms with Crippen LogP contribution in [0.2, 0.25) is 5.02 Å². The van der Waals surface area contributed by atoms with E-state index in [1.807, 2.05) is 0 Å². The van der Waals surface area contributed by atoms with Crippen molar-refractivity contribution >= 4 is 23.2 Å². The van der Waals surface area contributed by atoms with E-state index >= 15 is 0 Å². The van der Waals surface area contributed by atoms with Gasteiger partial charge in [0.1, 0.15) is 11.6 Å². The average Bonchev–Trinajstić information content (AvgIpc) is 2.36. The largest absolute Gasteiger partial charge is 0.455 e. The minimum absolute atomic E-state index is 0.0852. The number of amides is 1. The van der Waals surface area contributed by atoms with E-state index in [0.29, 0.717) is 11.3 Å². The van der Waals surface area contributed by atoms with Crippen LogP contribution in [0.1, 0.15) is 10.4 Å². The topological polar surface area (TPSA) is 78.3 Å². The molecule has 0 unspecified atom stereocenters. The Morgan fingerprint density at radius 1 is 1.21 bits per heavy atom. The molecule has 19 heavy (non-hydrogen) atoms. The fourth-order valence-electron chi connectivity index (χ4n) is 1.45. The zero-order valence-corrected chi connectivity index (χ0v) is 10.4. The maximum absolute atomic E-state index is 13.1. The molecule has 0 spiro atoms. The number of carbonyl (C=O) groups excluding carboxylic acids is 1. The van der Waals surface area contributed by atoms with Gasteiger partial charge in [-0.05, 0) is 24.3 Å². The van der Waals surface area contributed by atoms with E-state index in [1.165, 1.54) is 18.2 Å². The van der Waals surface area contributed by atoms with Crippen molar-refractivity contribution in [1.82, 2.24) is 0 Å². The number of halogens is 2. The second-order valence-electron chi connectivity index (χ2n) is 3.79. The van der Waals surface area contributed by atoms with Gasteiger partial charge in [-0.15, -0.1) is 0 Å². The monoisotopic (exact) mass is 280 g/mol. The fourth-order valence-corrected chi connectivity index (χ4v) is 1.60. The van der Waals surface area contributed by atoms with E-state index in [1.54, 1.807) is 12.1 Å². The summed E-state index contributed by atoms with van der Waals surface area (Å²) < 4.78 is 18.6. The third-order valence-corrected chi connectivity index (χ3v) is 2.71. The molecule has 4 nitrogen and oxygen atoms in total. The minimum Gasteiger partial charge on any atom is -0.455 e. The minimum atomic E-state index is -0.615. The number of ether oxygens (including phenoxy) is 1. The van der Waals surface area contributed by atoms with E-state index in [2.05, 4.69) is 0 Å². The number of carbonyl (C=O) groups is 1. The Labute approximate surface area is 113 Å². The lowest BCUT2D eigenvalue weighted by atomic mass is 10.2. The van der Waals surface area contributed by atoms with Crippen LogP contribution in [0.3, 0.4) is 0 Å². The molecule has 0 aromatic heterocycles. The second-order valence-corrected chi connectivity index (χ2v) is 4.20. The van der Waals surface area contributed by atoms with Gasteiger partial charge in [-0.1, -0.05) is 11.6 Å².